The summed E-state index contributed by atoms with van der Waals surface area (Å²) in [4.78, 5) is 18.3. The molecule has 0 aliphatic carbocycles. The lowest BCUT2D eigenvalue weighted by molar-refractivity contribution is 0.126. The minimum absolute atomic E-state index is 0.113. The van der Waals surface area contributed by atoms with Gasteiger partial charge < -0.3 is 19.1 Å². The van der Waals surface area contributed by atoms with E-state index in [1.54, 1.807) is 6.07 Å². The Bertz CT molecular complexity index is 1240. The Labute approximate surface area is 183 Å². The lowest BCUT2D eigenvalue weighted by Gasteiger charge is -2.40. The van der Waals surface area contributed by atoms with E-state index in [1.165, 1.54) is 0 Å². The van der Waals surface area contributed by atoms with Crippen molar-refractivity contribution in [3.05, 3.63) is 51.9 Å². The molecule has 3 aromatic rings. The van der Waals surface area contributed by atoms with Crippen molar-refractivity contribution in [1.82, 2.24) is 14.6 Å². The molecule has 1 aromatic carbocycles. The quantitative estimate of drug-likeness (QED) is 0.573. The van der Waals surface area contributed by atoms with Crippen LogP contribution in [-0.4, -0.2) is 47.8 Å². The van der Waals surface area contributed by atoms with Crippen LogP contribution in [0.15, 0.2) is 35.1 Å². The monoisotopic (exact) mass is 442 g/mol. The fourth-order valence-electron chi connectivity index (χ4n) is 4.08. The van der Waals surface area contributed by atoms with Crippen molar-refractivity contribution in [2.45, 2.75) is 31.7 Å². The van der Waals surface area contributed by atoms with Gasteiger partial charge in [0.25, 0.3) is 12.0 Å². The Kier molecular flexibility index (Phi) is 4.91. The van der Waals surface area contributed by atoms with E-state index in [-0.39, 0.29) is 17.9 Å². The predicted molar refractivity (Wildman–Crippen MR) is 115 cm³/mol. The Morgan fingerprint density at radius 2 is 1.91 bits per heavy atom. The molecule has 0 bridgehead atoms. The molecule has 5 rings (SSSR count). The molecule has 11 heteroatoms. The molecular formula is C21H21BF2N4O4. The lowest BCUT2D eigenvalue weighted by Crippen LogP contribution is -2.49. The number of fused-ring (bicyclic) bond motifs is 2. The van der Waals surface area contributed by atoms with Crippen LogP contribution in [0.1, 0.15) is 30.5 Å². The minimum Gasteiger partial charge on any atom is -0.496 e. The largest absolute Gasteiger partial charge is 0.496 e. The van der Waals surface area contributed by atoms with Crippen molar-refractivity contribution in [1.29, 1.82) is 0 Å². The van der Waals surface area contributed by atoms with Gasteiger partial charge >= 0.3 is 0 Å². The zero-order valence-electron chi connectivity index (χ0n) is 17.7. The Morgan fingerprint density at radius 1 is 1.16 bits per heavy atom. The fourth-order valence-corrected chi connectivity index (χ4v) is 4.08. The predicted octanol–water partition coefficient (Wildman–Crippen LogP) is 2.07. The van der Waals surface area contributed by atoms with E-state index in [4.69, 9.17) is 14.2 Å². The summed E-state index contributed by atoms with van der Waals surface area (Å²) in [5, 5.41) is 4.42. The number of rotatable bonds is 4. The highest BCUT2D eigenvalue weighted by molar-refractivity contribution is 6.14. The van der Waals surface area contributed by atoms with Crippen molar-refractivity contribution in [3.8, 4) is 17.2 Å². The molecule has 1 saturated heterocycles. The Hall–Kier alpha value is -3.37. The van der Waals surface area contributed by atoms with E-state index >= 15 is 0 Å². The maximum atomic E-state index is 13.0. The van der Waals surface area contributed by atoms with Crippen LogP contribution < -0.4 is 24.7 Å². The summed E-state index contributed by atoms with van der Waals surface area (Å²) < 4.78 is 44.1. The Morgan fingerprint density at radius 3 is 2.66 bits per heavy atom. The molecule has 0 unspecified atom stereocenters. The van der Waals surface area contributed by atoms with Crippen LogP contribution in [0.3, 0.4) is 0 Å². The second kappa shape index (κ2) is 7.65. The van der Waals surface area contributed by atoms with Gasteiger partial charge in [-0.15, -0.1) is 5.10 Å². The maximum absolute atomic E-state index is 13.0. The van der Waals surface area contributed by atoms with Crippen LogP contribution in [0.4, 0.5) is 14.6 Å². The number of aromatic nitrogens is 3. The molecule has 0 saturated carbocycles. The third-order valence-corrected chi connectivity index (χ3v) is 5.89. The van der Waals surface area contributed by atoms with Crippen LogP contribution in [0.25, 0.3) is 5.65 Å². The van der Waals surface area contributed by atoms with E-state index in [9.17, 15) is 13.6 Å². The van der Waals surface area contributed by atoms with Crippen molar-refractivity contribution < 1.29 is 23.0 Å². The van der Waals surface area contributed by atoms with Crippen LogP contribution in [0.2, 0.25) is 0 Å². The number of benzene rings is 1. The van der Waals surface area contributed by atoms with Gasteiger partial charge in [-0.1, -0.05) is 0 Å². The molecular weight excluding hydrogens is 421 g/mol. The topological polar surface area (TPSA) is 78.2 Å². The summed E-state index contributed by atoms with van der Waals surface area (Å²) in [6.07, 6.45) is -1.34. The minimum atomic E-state index is -2.81. The molecule has 32 heavy (non-hydrogen) atoms. The van der Waals surface area contributed by atoms with Gasteiger partial charge in [0.15, 0.2) is 30.8 Å². The number of anilines is 1. The first-order chi connectivity index (χ1) is 15.3. The van der Waals surface area contributed by atoms with Gasteiger partial charge in [0.05, 0.1) is 5.50 Å². The molecule has 8 nitrogen and oxygen atoms in total. The fraction of sp³-hybridized carbons (Fsp3) is 0.381. The zero-order valence-corrected chi connectivity index (χ0v) is 17.7. The van der Waals surface area contributed by atoms with E-state index in [0.717, 1.165) is 34.7 Å². The summed E-state index contributed by atoms with van der Waals surface area (Å²) in [5.74, 6) is 2.74. The molecule has 2 aliphatic heterocycles. The van der Waals surface area contributed by atoms with Gasteiger partial charge in [-0.2, -0.15) is 4.52 Å². The average Bonchev–Trinajstić information content (AvgIpc) is 3.21. The first-order valence-corrected chi connectivity index (χ1v) is 10.3. The molecule has 4 heterocycles. The molecule has 0 spiro atoms. The number of halogens is 2. The van der Waals surface area contributed by atoms with E-state index < -0.39 is 17.7 Å². The summed E-state index contributed by atoms with van der Waals surface area (Å²) in [6.45, 7) is 3.38. The van der Waals surface area contributed by atoms with E-state index in [0.29, 0.717) is 30.4 Å². The summed E-state index contributed by atoms with van der Waals surface area (Å²) in [5.41, 5.74) is -0.664. The second-order valence-corrected chi connectivity index (χ2v) is 8.29. The first-order valence-electron chi connectivity index (χ1n) is 10.3. The molecule has 2 aromatic heterocycles. The van der Waals surface area contributed by atoms with E-state index in [1.807, 2.05) is 25.1 Å². The van der Waals surface area contributed by atoms with Gasteiger partial charge in [-0.25, -0.2) is 13.8 Å². The zero-order chi connectivity index (χ0) is 22.5. The van der Waals surface area contributed by atoms with Crippen LogP contribution in [-0.2, 0) is 0 Å². The van der Waals surface area contributed by atoms with Crippen LogP contribution in [0.5, 0.6) is 17.2 Å². The average molecular weight is 442 g/mol. The first kappa shape index (κ1) is 20.5. The lowest BCUT2D eigenvalue weighted by atomic mass is 9.73. The highest BCUT2D eigenvalue weighted by atomic mass is 19.3. The van der Waals surface area contributed by atoms with Crippen molar-refractivity contribution >= 4 is 19.3 Å². The molecule has 0 radical (unpaired) electrons. The van der Waals surface area contributed by atoms with Gasteiger partial charge in [0.2, 0.25) is 6.79 Å². The number of aryl methyl sites for hydroxylation is 1. The molecule has 0 amide bonds. The second-order valence-electron chi connectivity index (χ2n) is 8.29. The molecule has 0 N–H and O–H groups in total. The number of alkyl halides is 2. The number of hydrogen-bond donors (Lipinski definition) is 0. The van der Waals surface area contributed by atoms with Crippen molar-refractivity contribution in [3.63, 3.8) is 0 Å². The third-order valence-electron chi connectivity index (χ3n) is 5.89. The summed E-state index contributed by atoms with van der Waals surface area (Å²) in [7, 11) is 2.07. The van der Waals surface area contributed by atoms with Gasteiger partial charge in [-0.05, 0) is 43.5 Å². The van der Waals surface area contributed by atoms with Gasteiger partial charge in [0.1, 0.15) is 11.4 Å². The van der Waals surface area contributed by atoms with Gasteiger partial charge in [-0.3, -0.25) is 4.79 Å². The molecule has 166 valence electrons. The Balaban J connectivity index is 1.34. The number of nitrogens with zero attached hydrogens (tertiary/aromatic N) is 4. The van der Waals surface area contributed by atoms with Crippen LogP contribution >= 0.6 is 0 Å². The normalized spacial score (nSPS) is 17.2. The van der Waals surface area contributed by atoms with Gasteiger partial charge in [0, 0.05) is 25.2 Å². The standard InChI is InChI=1S/C21H21BF2N4O4/c1-12-8-17-25-14(19(23)24)10-18(29)28(17)26-20(12)27-6-4-21(22,5-7-27)32-13-2-3-15-16(9-13)31-11-30-15/h2-3,8-10,19H,4-7,11,22H2,1H3. The number of piperidine rings is 1. The van der Waals surface area contributed by atoms with Crippen molar-refractivity contribution in [2.75, 3.05) is 24.8 Å². The summed E-state index contributed by atoms with van der Waals surface area (Å²) in [6, 6.07) is 7.99. The molecule has 1 fully saturated rings. The number of hydrogen-bond acceptors (Lipinski definition) is 7. The SMILES string of the molecule is BC1(Oc2ccc3c(c2)OCO3)CCN(c2nn3c(=O)cc(C(F)F)nc3cc2C)CC1. The van der Waals surface area contributed by atoms with Crippen LogP contribution in [0, 0.1) is 6.92 Å². The smallest absolute Gasteiger partial charge is 0.280 e. The molecule has 2 aliphatic rings. The van der Waals surface area contributed by atoms with E-state index in [2.05, 4.69) is 22.8 Å². The maximum Gasteiger partial charge on any atom is 0.280 e. The molecule has 0 atom stereocenters. The highest BCUT2D eigenvalue weighted by Crippen LogP contribution is 2.37. The third kappa shape index (κ3) is 3.72. The number of ether oxygens (including phenoxy) is 3. The summed E-state index contributed by atoms with van der Waals surface area (Å²) >= 11 is 0. The highest BCUT2D eigenvalue weighted by Gasteiger charge is 2.33. The van der Waals surface area contributed by atoms with Crippen molar-refractivity contribution in [2.24, 2.45) is 0 Å².